The molecule has 0 fully saturated rings. The Morgan fingerprint density at radius 1 is 0.266 bits per heavy atom. The van der Waals surface area contributed by atoms with Gasteiger partial charge in [-0.15, -0.1) is 0 Å². The van der Waals surface area contributed by atoms with E-state index < -0.39 is 0 Å². The number of fused-ring (bicyclic) bond motifs is 3. The van der Waals surface area contributed by atoms with Gasteiger partial charge in [0.2, 0.25) is 0 Å². The van der Waals surface area contributed by atoms with Crippen LogP contribution in [0.1, 0.15) is 55.6 Å². The highest BCUT2D eigenvalue weighted by molar-refractivity contribution is 6.14. The molecule has 0 amide bonds. The molecular weight excluding hydrogens is 769 g/mol. The van der Waals surface area contributed by atoms with Crippen LogP contribution in [0.25, 0.3) is 80.3 Å². The summed E-state index contributed by atoms with van der Waals surface area (Å²) in [5.74, 6) is 0. The van der Waals surface area contributed by atoms with E-state index in [2.05, 4.69) is 279 Å². The third kappa shape index (κ3) is 9.00. The van der Waals surface area contributed by atoms with Gasteiger partial charge in [-0.2, -0.15) is 0 Å². The highest BCUT2D eigenvalue weighted by Crippen LogP contribution is 2.36. The van der Waals surface area contributed by atoms with Crippen molar-refractivity contribution < 1.29 is 0 Å². The zero-order valence-electron chi connectivity index (χ0n) is 35.6. The fourth-order valence-electron chi connectivity index (χ4n) is 8.58. The molecule has 302 valence electrons. The van der Waals surface area contributed by atoms with Crippen LogP contribution >= 0.6 is 0 Å². The van der Waals surface area contributed by atoms with Gasteiger partial charge in [0.05, 0.1) is 0 Å². The van der Waals surface area contributed by atoms with Gasteiger partial charge >= 0.3 is 0 Å². The lowest BCUT2D eigenvalue weighted by molar-refractivity contribution is 1.55. The van der Waals surface area contributed by atoms with E-state index in [0.29, 0.717) is 0 Å². The molecule has 0 spiro atoms. The standard InChI is InChI=1S/C64H46/c1-5-17-52(18-6-1)62(53-19-7-2-8-20-53)43-49-33-29-47(30-34-49)37-39-51-41-42-58(64-46-57-25-13-14-26-59(57)60-27-15-16-28-61(60)64)45-56(51)40-38-48-31-35-50(36-32-48)44-63(54-21-9-3-10-22-54)55-23-11-4-12-24-55/h1-46H. The smallest absolute Gasteiger partial charge is 0.00988 e. The summed E-state index contributed by atoms with van der Waals surface area (Å²) in [5.41, 5.74) is 16.5. The quantitative estimate of drug-likeness (QED) is 0.0901. The number of hydrogen-bond acceptors (Lipinski definition) is 0. The van der Waals surface area contributed by atoms with Crippen molar-refractivity contribution in [3.05, 3.63) is 298 Å². The van der Waals surface area contributed by atoms with Crippen molar-refractivity contribution in [1.82, 2.24) is 0 Å². The first-order chi connectivity index (χ1) is 31.7. The van der Waals surface area contributed by atoms with Crippen LogP contribution in [0.15, 0.2) is 243 Å². The molecule has 0 radical (unpaired) electrons. The zero-order chi connectivity index (χ0) is 42.9. The van der Waals surface area contributed by atoms with Crippen molar-refractivity contribution in [2.45, 2.75) is 0 Å². The van der Waals surface area contributed by atoms with E-state index >= 15 is 0 Å². The molecule has 0 saturated heterocycles. The van der Waals surface area contributed by atoms with Gasteiger partial charge in [0.1, 0.15) is 0 Å². The summed E-state index contributed by atoms with van der Waals surface area (Å²) < 4.78 is 0. The summed E-state index contributed by atoms with van der Waals surface area (Å²) in [4.78, 5) is 0. The Balaban J connectivity index is 0.992. The molecule has 0 heterocycles. The van der Waals surface area contributed by atoms with Gasteiger partial charge in [-0.05, 0) is 124 Å². The Morgan fingerprint density at radius 3 is 1.14 bits per heavy atom. The van der Waals surface area contributed by atoms with Gasteiger partial charge in [-0.1, -0.05) is 255 Å². The lowest BCUT2D eigenvalue weighted by atomic mass is 9.91. The minimum absolute atomic E-state index is 1.14. The second-order valence-electron chi connectivity index (χ2n) is 16.1. The molecule has 10 aromatic rings. The average molecular weight is 815 g/mol. The topological polar surface area (TPSA) is 0 Å². The summed E-state index contributed by atoms with van der Waals surface area (Å²) in [5, 5.41) is 5.04. The van der Waals surface area contributed by atoms with Gasteiger partial charge in [0.15, 0.2) is 0 Å². The van der Waals surface area contributed by atoms with E-state index in [1.807, 2.05) is 0 Å². The first kappa shape index (κ1) is 39.8. The molecule has 10 rings (SSSR count). The van der Waals surface area contributed by atoms with Crippen LogP contribution < -0.4 is 0 Å². The van der Waals surface area contributed by atoms with Crippen LogP contribution in [0, 0.1) is 0 Å². The fourth-order valence-corrected chi connectivity index (χ4v) is 8.58. The molecule has 0 bridgehead atoms. The van der Waals surface area contributed by atoms with E-state index in [0.717, 1.165) is 33.4 Å². The highest BCUT2D eigenvalue weighted by Gasteiger charge is 2.11. The number of hydrogen-bond donors (Lipinski definition) is 0. The van der Waals surface area contributed by atoms with E-state index in [-0.39, 0.29) is 0 Å². The predicted molar refractivity (Wildman–Crippen MR) is 277 cm³/mol. The molecule has 64 heavy (non-hydrogen) atoms. The second kappa shape index (κ2) is 18.7. The first-order valence-corrected chi connectivity index (χ1v) is 22.0. The number of benzene rings is 10. The zero-order valence-corrected chi connectivity index (χ0v) is 35.6. The van der Waals surface area contributed by atoms with Gasteiger partial charge in [0, 0.05) is 0 Å². The van der Waals surface area contributed by atoms with Crippen LogP contribution in [0.2, 0.25) is 0 Å². The average Bonchev–Trinajstić information content (AvgIpc) is 3.37. The van der Waals surface area contributed by atoms with Crippen molar-refractivity contribution in [1.29, 1.82) is 0 Å². The third-order valence-corrected chi connectivity index (χ3v) is 11.9. The van der Waals surface area contributed by atoms with Gasteiger partial charge in [-0.3, -0.25) is 0 Å². The molecule has 0 aliphatic carbocycles. The lowest BCUT2D eigenvalue weighted by Gasteiger charge is -2.13. The van der Waals surface area contributed by atoms with E-state index in [1.54, 1.807) is 0 Å². The van der Waals surface area contributed by atoms with Gasteiger partial charge < -0.3 is 0 Å². The van der Waals surface area contributed by atoms with Crippen molar-refractivity contribution in [2.24, 2.45) is 0 Å². The molecule has 0 aliphatic rings. The van der Waals surface area contributed by atoms with Gasteiger partial charge in [0.25, 0.3) is 0 Å². The Bertz CT molecular complexity index is 3210. The molecule has 0 nitrogen and oxygen atoms in total. The molecule has 0 unspecified atom stereocenters. The summed E-state index contributed by atoms with van der Waals surface area (Å²) in [6.45, 7) is 0. The highest BCUT2D eigenvalue weighted by atomic mass is 14.1. The maximum atomic E-state index is 2.35. The Morgan fingerprint density at radius 2 is 0.656 bits per heavy atom. The molecule has 0 atom stereocenters. The maximum absolute atomic E-state index is 2.35. The van der Waals surface area contributed by atoms with Crippen LogP contribution in [0.5, 0.6) is 0 Å². The second-order valence-corrected chi connectivity index (χ2v) is 16.1. The van der Waals surface area contributed by atoms with E-state index in [1.165, 1.54) is 66.1 Å². The predicted octanol–water partition coefficient (Wildman–Crippen LogP) is 17.2. The van der Waals surface area contributed by atoms with E-state index in [4.69, 9.17) is 0 Å². The largest absolute Gasteiger partial charge is 0.0622 e. The van der Waals surface area contributed by atoms with Crippen LogP contribution in [0.4, 0.5) is 0 Å². The molecule has 10 aromatic carbocycles. The maximum Gasteiger partial charge on any atom is -0.00988 e. The lowest BCUT2D eigenvalue weighted by Crippen LogP contribution is -1.88. The number of rotatable bonds is 11. The first-order valence-electron chi connectivity index (χ1n) is 22.0. The molecule has 0 N–H and O–H groups in total. The van der Waals surface area contributed by atoms with Crippen molar-refractivity contribution in [3.8, 4) is 11.1 Å². The third-order valence-electron chi connectivity index (χ3n) is 11.9. The molecular formula is C64H46. The SMILES string of the molecule is C(=Cc1ccc(-c2cc3ccccc3c3ccccc23)cc1C=Cc1ccc(C=C(c2ccccc2)c2ccccc2)cc1)c1ccc(C=C(c2ccccc2)c2ccccc2)cc1. The summed E-state index contributed by atoms with van der Waals surface area (Å²) in [6.07, 6.45) is 13.5. The fraction of sp³-hybridized carbons (Fsp3) is 0. The Hall–Kier alpha value is -8.32. The van der Waals surface area contributed by atoms with Gasteiger partial charge in [-0.25, -0.2) is 0 Å². The molecule has 0 aliphatic heterocycles. The normalized spacial score (nSPS) is 11.3. The molecule has 0 heteroatoms. The Kier molecular flexibility index (Phi) is 11.7. The van der Waals surface area contributed by atoms with Crippen molar-refractivity contribution >= 4 is 69.1 Å². The minimum atomic E-state index is 1.14. The Labute approximate surface area is 376 Å². The summed E-state index contributed by atoms with van der Waals surface area (Å²) >= 11 is 0. The summed E-state index contributed by atoms with van der Waals surface area (Å²) in [6, 6.07) is 86.9. The van der Waals surface area contributed by atoms with Crippen LogP contribution in [-0.4, -0.2) is 0 Å². The van der Waals surface area contributed by atoms with Crippen LogP contribution in [0.3, 0.4) is 0 Å². The molecule has 0 saturated carbocycles. The molecule has 0 aromatic heterocycles. The van der Waals surface area contributed by atoms with Crippen molar-refractivity contribution in [3.63, 3.8) is 0 Å². The van der Waals surface area contributed by atoms with Crippen LogP contribution in [-0.2, 0) is 0 Å². The van der Waals surface area contributed by atoms with Crippen molar-refractivity contribution in [2.75, 3.05) is 0 Å². The monoisotopic (exact) mass is 814 g/mol. The minimum Gasteiger partial charge on any atom is -0.0622 e. The summed E-state index contributed by atoms with van der Waals surface area (Å²) in [7, 11) is 0. The van der Waals surface area contributed by atoms with E-state index in [9.17, 15) is 0 Å².